The molecule has 0 spiro atoms. The van der Waals surface area contributed by atoms with Crippen molar-refractivity contribution in [3.63, 3.8) is 0 Å². The van der Waals surface area contributed by atoms with E-state index in [4.69, 9.17) is 14.2 Å². The molecule has 38 heavy (non-hydrogen) atoms. The monoisotopic (exact) mass is 539 g/mol. The van der Waals surface area contributed by atoms with Crippen molar-refractivity contribution < 1.29 is 36.6 Å². The van der Waals surface area contributed by atoms with Gasteiger partial charge in [-0.25, -0.2) is 9.18 Å². The van der Waals surface area contributed by atoms with Crippen LogP contribution in [-0.4, -0.2) is 56.5 Å². The Hall–Kier alpha value is -2.65. The summed E-state index contributed by atoms with van der Waals surface area (Å²) in [5.74, 6) is -0.713. The molecule has 0 radical (unpaired) electrons. The zero-order chi connectivity index (χ0) is 27.9. The summed E-state index contributed by atoms with van der Waals surface area (Å²) in [6, 6.07) is 11.2. The maximum atomic E-state index is 13.7. The fourth-order valence-corrected chi connectivity index (χ4v) is 4.88. The van der Waals surface area contributed by atoms with Gasteiger partial charge in [0, 0.05) is 26.6 Å². The fraction of sp³-hybridized carbons (Fsp3) is 0.552. The molecule has 0 aromatic heterocycles. The summed E-state index contributed by atoms with van der Waals surface area (Å²) < 4.78 is 67.7. The lowest BCUT2D eigenvalue weighted by molar-refractivity contribution is -0.183. The van der Waals surface area contributed by atoms with Crippen LogP contribution in [-0.2, 0) is 27.1 Å². The summed E-state index contributed by atoms with van der Waals surface area (Å²) in [7, 11) is 3.43. The molecule has 2 atom stereocenters. The molecule has 2 aromatic carbocycles. The van der Waals surface area contributed by atoms with Gasteiger partial charge in [-0.3, -0.25) is 0 Å². The molecule has 0 fully saturated rings. The summed E-state index contributed by atoms with van der Waals surface area (Å²) in [5.41, 5.74) is 1.41. The molecule has 2 aromatic rings. The maximum absolute atomic E-state index is 13.7. The minimum absolute atomic E-state index is 0.160. The Bertz CT molecular complexity index is 1070. The first kappa shape index (κ1) is 29.9. The van der Waals surface area contributed by atoms with Gasteiger partial charge in [0.1, 0.15) is 17.7 Å². The van der Waals surface area contributed by atoms with Crippen LogP contribution >= 0.6 is 0 Å². The molecule has 9 heteroatoms. The fourth-order valence-electron chi connectivity index (χ4n) is 4.88. The van der Waals surface area contributed by atoms with Gasteiger partial charge in [-0.15, -0.1) is 0 Å². The van der Waals surface area contributed by atoms with Crippen molar-refractivity contribution in [3.8, 4) is 5.75 Å². The first-order chi connectivity index (χ1) is 17.9. The van der Waals surface area contributed by atoms with Crippen LogP contribution in [0.4, 0.5) is 17.6 Å². The van der Waals surface area contributed by atoms with E-state index in [2.05, 4.69) is 0 Å². The van der Waals surface area contributed by atoms with Gasteiger partial charge in [-0.05, 0) is 79.6 Å². The molecule has 0 unspecified atom stereocenters. The Morgan fingerprint density at radius 2 is 1.89 bits per heavy atom. The molecule has 0 saturated heterocycles. The number of rotatable bonds is 12. The highest BCUT2D eigenvalue weighted by Crippen LogP contribution is 2.36. The molecule has 0 aliphatic heterocycles. The highest BCUT2D eigenvalue weighted by atomic mass is 19.4. The van der Waals surface area contributed by atoms with Crippen molar-refractivity contribution in [1.29, 1.82) is 0 Å². The summed E-state index contributed by atoms with van der Waals surface area (Å²) in [6.45, 7) is 3.67. The number of nitrogens with zero attached hydrogens (tertiary/aromatic N) is 1. The molecular formula is C29H37F4NO4. The quantitative estimate of drug-likeness (QED) is 0.234. The first-order valence-electron chi connectivity index (χ1n) is 12.9. The molecule has 0 N–H and O–H groups in total. The van der Waals surface area contributed by atoms with Crippen molar-refractivity contribution in [2.24, 2.45) is 5.92 Å². The molecule has 0 saturated carbocycles. The topological polar surface area (TPSA) is 48.0 Å². The predicted octanol–water partition coefficient (Wildman–Crippen LogP) is 6.29. The normalized spacial score (nSPS) is 17.3. The number of ether oxygens (including phenoxy) is 3. The van der Waals surface area contributed by atoms with Crippen LogP contribution < -0.4 is 4.74 Å². The van der Waals surface area contributed by atoms with Crippen LogP contribution in [0.25, 0.3) is 0 Å². The van der Waals surface area contributed by atoms with E-state index in [9.17, 15) is 22.4 Å². The molecule has 0 amide bonds. The second kappa shape index (κ2) is 12.9. The van der Waals surface area contributed by atoms with Crippen molar-refractivity contribution in [3.05, 3.63) is 65.0 Å². The van der Waals surface area contributed by atoms with Crippen LogP contribution in [0.15, 0.2) is 42.5 Å². The molecule has 210 valence electrons. The van der Waals surface area contributed by atoms with Crippen LogP contribution in [0.5, 0.6) is 5.75 Å². The number of alkyl halides is 3. The Labute approximate surface area is 222 Å². The zero-order valence-electron chi connectivity index (χ0n) is 22.4. The number of aryl methyl sites for hydroxylation is 1. The number of methoxy groups -OCH3 is 1. The molecule has 5 nitrogen and oxygen atoms in total. The molecule has 1 aliphatic carbocycles. The van der Waals surface area contributed by atoms with Gasteiger partial charge in [0.05, 0.1) is 0 Å². The van der Waals surface area contributed by atoms with E-state index in [0.717, 1.165) is 29.5 Å². The number of carbonyl (C=O) groups is 1. The number of halogens is 4. The summed E-state index contributed by atoms with van der Waals surface area (Å²) in [4.78, 5) is 15.6. The van der Waals surface area contributed by atoms with Crippen LogP contribution in [0, 0.1) is 11.7 Å². The number of likely N-dealkylation sites (N-methyl/N-ethyl adjacent to an activating group) is 1. The molecule has 3 rings (SSSR count). The Balaban J connectivity index is 1.59. The summed E-state index contributed by atoms with van der Waals surface area (Å²) in [6.07, 6.45) is -1.60. The van der Waals surface area contributed by atoms with E-state index >= 15 is 0 Å². The Morgan fingerprint density at radius 1 is 1.13 bits per heavy atom. The van der Waals surface area contributed by atoms with Gasteiger partial charge in [0.15, 0.2) is 12.2 Å². The van der Waals surface area contributed by atoms with Crippen LogP contribution in [0.1, 0.15) is 55.9 Å². The number of hydrogen-bond donors (Lipinski definition) is 0. The summed E-state index contributed by atoms with van der Waals surface area (Å²) in [5, 5.41) is 0. The first-order valence-corrected chi connectivity index (χ1v) is 12.9. The van der Waals surface area contributed by atoms with Crippen molar-refractivity contribution >= 4 is 5.97 Å². The standard InChI is InChI=1S/C29H37F4NO4/c1-20(2)28(36-4,27(35)38-26-10-6-8-22-18-23(30)11-12-25(22)26)14-16-34(3)15-13-21-7-5-9-24(17-21)37-19-29(31,32)33/h5,7,9,11-12,17-18,20,26H,6,8,10,13-16,19H2,1-4H3/t26-,28+/m0/s1. The predicted molar refractivity (Wildman–Crippen MR) is 137 cm³/mol. The third-order valence-electron chi connectivity index (χ3n) is 7.20. The molecule has 0 heterocycles. The number of carbonyl (C=O) groups excluding carboxylic acids is 1. The third kappa shape index (κ3) is 7.93. The summed E-state index contributed by atoms with van der Waals surface area (Å²) >= 11 is 0. The Morgan fingerprint density at radius 3 is 2.58 bits per heavy atom. The lowest BCUT2D eigenvalue weighted by Gasteiger charge is -2.37. The van der Waals surface area contributed by atoms with Crippen molar-refractivity contribution in [2.45, 2.75) is 63.8 Å². The second-order valence-electron chi connectivity index (χ2n) is 10.2. The van der Waals surface area contributed by atoms with Crippen LogP contribution in [0.2, 0.25) is 0 Å². The minimum Gasteiger partial charge on any atom is -0.484 e. The molecule has 0 bridgehead atoms. The second-order valence-corrected chi connectivity index (χ2v) is 10.2. The Kier molecular flexibility index (Phi) is 10.2. The number of hydrogen-bond acceptors (Lipinski definition) is 5. The van der Waals surface area contributed by atoms with E-state index in [-0.39, 0.29) is 17.5 Å². The number of fused-ring (bicyclic) bond motifs is 1. The van der Waals surface area contributed by atoms with Gasteiger partial charge in [0.2, 0.25) is 0 Å². The highest BCUT2D eigenvalue weighted by molar-refractivity contribution is 5.80. The van der Waals surface area contributed by atoms with Gasteiger partial charge in [-0.2, -0.15) is 13.2 Å². The lowest BCUT2D eigenvalue weighted by atomic mass is 9.85. The van der Waals surface area contributed by atoms with Crippen LogP contribution in [0.3, 0.4) is 0 Å². The largest absolute Gasteiger partial charge is 0.484 e. The minimum atomic E-state index is -4.39. The highest BCUT2D eigenvalue weighted by Gasteiger charge is 2.44. The van der Waals surface area contributed by atoms with Crippen molar-refractivity contribution in [2.75, 3.05) is 33.9 Å². The molecular weight excluding hydrogens is 502 g/mol. The van der Waals surface area contributed by atoms with Gasteiger partial charge in [0.25, 0.3) is 0 Å². The van der Waals surface area contributed by atoms with E-state index in [1.807, 2.05) is 31.9 Å². The number of benzene rings is 2. The zero-order valence-corrected chi connectivity index (χ0v) is 22.4. The number of esters is 1. The third-order valence-corrected chi connectivity index (χ3v) is 7.20. The molecule has 1 aliphatic rings. The van der Waals surface area contributed by atoms with Gasteiger partial charge < -0.3 is 19.1 Å². The van der Waals surface area contributed by atoms with Gasteiger partial charge in [-0.1, -0.05) is 32.0 Å². The average Bonchev–Trinajstić information content (AvgIpc) is 2.86. The van der Waals surface area contributed by atoms with E-state index in [1.54, 1.807) is 18.2 Å². The SMILES string of the molecule is CO[C@@](CCN(C)CCc1cccc(OCC(F)(F)F)c1)(C(=O)O[C@H]1CCCc2cc(F)ccc21)C(C)C. The average molecular weight is 540 g/mol. The van der Waals surface area contributed by atoms with Gasteiger partial charge >= 0.3 is 12.1 Å². The van der Waals surface area contributed by atoms with E-state index < -0.39 is 30.5 Å². The maximum Gasteiger partial charge on any atom is 0.422 e. The van der Waals surface area contributed by atoms with E-state index in [1.165, 1.54) is 25.3 Å². The van der Waals surface area contributed by atoms with E-state index in [0.29, 0.717) is 32.4 Å². The smallest absolute Gasteiger partial charge is 0.422 e. The van der Waals surface area contributed by atoms with Crippen molar-refractivity contribution in [1.82, 2.24) is 4.90 Å². The lowest BCUT2D eigenvalue weighted by Crippen LogP contribution is -2.49.